The zero-order valence-electron chi connectivity index (χ0n) is 16.2. The van der Waals surface area contributed by atoms with E-state index in [1.807, 2.05) is 18.2 Å². The third-order valence-corrected chi connectivity index (χ3v) is 5.89. The van der Waals surface area contributed by atoms with E-state index in [2.05, 4.69) is 21.8 Å². The van der Waals surface area contributed by atoms with Crippen LogP contribution in [0.4, 0.5) is 5.69 Å². The highest BCUT2D eigenvalue weighted by Crippen LogP contribution is 2.16. The van der Waals surface area contributed by atoms with Crippen LogP contribution in [-0.4, -0.2) is 37.8 Å². The fourth-order valence-corrected chi connectivity index (χ4v) is 3.96. The van der Waals surface area contributed by atoms with Gasteiger partial charge in [0, 0.05) is 31.5 Å². The molecule has 0 saturated carbocycles. The quantitative estimate of drug-likeness (QED) is 0.617. The van der Waals surface area contributed by atoms with Crippen molar-refractivity contribution in [1.82, 2.24) is 9.88 Å². The van der Waals surface area contributed by atoms with Gasteiger partial charge in [0.15, 0.2) is 0 Å². The van der Waals surface area contributed by atoms with E-state index in [0.29, 0.717) is 17.8 Å². The number of hydrogen-bond donors (Lipinski definition) is 1. The van der Waals surface area contributed by atoms with Gasteiger partial charge < -0.3 is 4.90 Å². The molecule has 0 atom stereocenters. The number of aromatic nitrogens is 1. The first-order valence-electron chi connectivity index (χ1n) is 9.28. The van der Waals surface area contributed by atoms with Crippen molar-refractivity contribution in [2.45, 2.75) is 17.7 Å². The van der Waals surface area contributed by atoms with E-state index in [1.165, 1.54) is 42.2 Å². The van der Waals surface area contributed by atoms with E-state index in [-0.39, 0.29) is 10.8 Å². The van der Waals surface area contributed by atoms with Crippen LogP contribution >= 0.6 is 0 Å². The third kappa shape index (κ3) is 5.65. The lowest BCUT2D eigenvalue weighted by Gasteiger charge is -2.17. The van der Waals surface area contributed by atoms with Crippen LogP contribution in [0.3, 0.4) is 0 Å². The summed E-state index contributed by atoms with van der Waals surface area (Å²) in [6.07, 6.45) is 4.77. The van der Waals surface area contributed by atoms with Crippen LogP contribution in [0, 0.1) is 0 Å². The van der Waals surface area contributed by atoms with Crippen molar-refractivity contribution in [3.05, 3.63) is 90.3 Å². The van der Waals surface area contributed by atoms with Gasteiger partial charge in [0.25, 0.3) is 15.9 Å². The molecule has 1 amide bonds. The van der Waals surface area contributed by atoms with E-state index in [1.54, 1.807) is 24.1 Å². The molecule has 6 nitrogen and oxygen atoms in total. The maximum absolute atomic E-state index is 12.6. The van der Waals surface area contributed by atoms with Crippen LogP contribution in [-0.2, 0) is 16.4 Å². The number of anilines is 1. The Morgan fingerprint density at radius 2 is 1.62 bits per heavy atom. The molecule has 0 radical (unpaired) electrons. The van der Waals surface area contributed by atoms with Crippen LogP contribution in [0.2, 0.25) is 0 Å². The van der Waals surface area contributed by atoms with Gasteiger partial charge in [0.1, 0.15) is 0 Å². The van der Waals surface area contributed by atoms with Gasteiger partial charge in [0.05, 0.1) is 10.6 Å². The van der Waals surface area contributed by atoms with Crippen molar-refractivity contribution in [3.63, 3.8) is 0 Å². The molecule has 0 bridgehead atoms. The fraction of sp³-hybridized carbons (Fsp3) is 0.182. The first kappa shape index (κ1) is 20.5. The van der Waals surface area contributed by atoms with Crippen molar-refractivity contribution in [2.75, 3.05) is 18.3 Å². The van der Waals surface area contributed by atoms with Gasteiger partial charge in [-0.15, -0.1) is 0 Å². The second kappa shape index (κ2) is 9.34. The number of aryl methyl sites for hydroxylation is 1. The Labute approximate surface area is 171 Å². The Bertz CT molecular complexity index is 1040. The molecule has 0 unspecified atom stereocenters. The van der Waals surface area contributed by atoms with Crippen molar-refractivity contribution in [3.8, 4) is 0 Å². The van der Waals surface area contributed by atoms with Gasteiger partial charge in [-0.2, -0.15) is 0 Å². The van der Waals surface area contributed by atoms with E-state index in [4.69, 9.17) is 0 Å². The Morgan fingerprint density at radius 1 is 0.966 bits per heavy atom. The average Bonchev–Trinajstić information content (AvgIpc) is 2.74. The molecule has 3 rings (SSSR count). The number of nitrogens with zero attached hydrogens (tertiary/aromatic N) is 2. The number of amides is 1. The molecule has 3 aromatic rings. The molecule has 1 N–H and O–H groups in total. The predicted molar refractivity (Wildman–Crippen MR) is 113 cm³/mol. The van der Waals surface area contributed by atoms with Crippen molar-refractivity contribution < 1.29 is 13.2 Å². The molecule has 150 valence electrons. The Kier molecular flexibility index (Phi) is 6.61. The minimum Gasteiger partial charge on any atom is -0.342 e. The molecular weight excluding hydrogens is 386 g/mol. The summed E-state index contributed by atoms with van der Waals surface area (Å²) < 4.78 is 27.4. The first-order valence-corrected chi connectivity index (χ1v) is 10.8. The minimum atomic E-state index is -3.72. The van der Waals surface area contributed by atoms with Crippen LogP contribution in [0.5, 0.6) is 0 Å². The van der Waals surface area contributed by atoms with Crippen molar-refractivity contribution >= 4 is 21.6 Å². The van der Waals surface area contributed by atoms with Gasteiger partial charge in [-0.25, -0.2) is 8.42 Å². The SMILES string of the molecule is CN(CCCc1ccccc1)C(=O)c1ccc(S(=O)(=O)Nc2ccncc2)cc1. The van der Waals surface area contributed by atoms with Crippen LogP contribution in [0.1, 0.15) is 22.3 Å². The second-order valence-electron chi connectivity index (χ2n) is 6.68. The topological polar surface area (TPSA) is 79.4 Å². The normalized spacial score (nSPS) is 11.1. The Hall–Kier alpha value is -3.19. The summed E-state index contributed by atoms with van der Waals surface area (Å²) in [6, 6.07) is 19.2. The van der Waals surface area contributed by atoms with Gasteiger partial charge in [0.2, 0.25) is 0 Å². The molecule has 0 spiro atoms. The predicted octanol–water partition coefficient (Wildman–Crippen LogP) is 3.59. The fourth-order valence-electron chi connectivity index (χ4n) is 2.90. The second-order valence-corrected chi connectivity index (χ2v) is 8.36. The van der Waals surface area contributed by atoms with E-state index in [0.717, 1.165) is 12.8 Å². The number of rotatable bonds is 8. The summed E-state index contributed by atoms with van der Waals surface area (Å²) in [6.45, 7) is 0.622. The largest absolute Gasteiger partial charge is 0.342 e. The average molecular weight is 410 g/mol. The Balaban J connectivity index is 1.59. The number of carbonyl (C=O) groups is 1. The summed E-state index contributed by atoms with van der Waals surface area (Å²) in [4.78, 5) is 18.2. The van der Waals surface area contributed by atoms with Gasteiger partial charge in [-0.1, -0.05) is 30.3 Å². The highest BCUT2D eigenvalue weighted by atomic mass is 32.2. The lowest BCUT2D eigenvalue weighted by Crippen LogP contribution is -2.28. The zero-order valence-corrected chi connectivity index (χ0v) is 17.0. The van der Waals surface area contributed by atoms with Gasteiger partial charge >= 0.3 is 0 Å². The number of pyridine rings is 1. The van der Waals surface area contributed by atoms with Crippen LogP contribution in [0.25, 0.3) is 0 Å². The molecule has 29 heavy (non-hydrogen) atoms. The number of carbonyl (C=O) groups excluding carboxylic acids is 1. The molecular formula is C22H23N3O3S. The highest BCUT2D eigenvalue weighted by Gasteiger charge is 2.16. The molecule has 0 saturated heterocycles. The summed E-state index contributed by atoms with van der Waals surface area (Å²) in [7, 11) is -1.97. The molecule has 0 fully saturated rings. The molecule has 7 heteroatoms. The lowest BCUT2D eigenvalue weighted by atomic mass is 10.1. The maximum Gasteiger partial charge on any atom is 0.261 e. The molecule has 1 aromatic heterocycles. The number of hydrogen-bond acceptors (Lipinski definition) is 4. The van der Waals surface area contributed by atoms with E-state index >= 15 is 0 Å². The molecule has 1 heterocycles. The minimum absolute atomic E-state index is 0.0950. The molecule has 0 aliphatic rings. The first-order chi connectivity index (χ1) is 14.0. The number of benzene rings is 2. The zero-order chi connectivity index (χ0) is 20.7. The maximum atomic E-state index is 12.6. The Morgan fingerprint density at radius 3 is 2.28 bits per heavy atom. The summed E-state index contributed by atoms with van der Waals surface area (Å²) in [5.41, 5.74) is 2.12. The number of sulfonamides is 1. The van der Waals surface area contributed by atoms with Crippen molar-refractivity contribution in [1.29, 1.82) is 0 Å². The smallest absolute Gasteiger partial charge is 0.261 e. The monoisotopic (exact) mass is 409 g/mol. The molecule has 0 aliphatic carbocycles. The lowest BCUT2D eigenvalue weighted by molar-refractivity contribution is 0.0793. The van der Waals surface area contributed by atoms with E-state index in [9.17, 15) is 13.2 Å². The summed E-state index contributed by atoms with van der Waals surface area (Å²) in [5, 5.41) is 0. The summed E-state index contributed by atoms with van der Waals surface area (Å²) in [5.74, 6) is -0.135. The van der Waals surface area contributed by atoms with Gasteiger partial charge in [-0.3, -0.25) is 14.5 Å². The van der Waals surface area contributed by atoms with Crippen molar-refractivity contribution in [2.24, 2.45) is 0 Å². The molecule has 2 aromatic carbocycles. The molecule has 0 aliphatic heterocycles. The van der Waals surface area contributed by atoms with Crippen LogP contribution in [0.15, 0.2) is 84.0 Å². The highest BCUT2D eigenvalue weighted by molar-refractivity contribution is 7.92. The standard InChI is InChI=1S/C22H23N3O3S/c1-25(17-5-8-18-6-3-2-4-7-18)22(26)19-9-11-21(12-10-19)29(27,28)24-20-13-15-23-16-14-20/h2-4,6-7,9-16H,5,8,17H2,1H3,(H,23,24). The third-order valence-electron chi connectivity index (χ3n) is 4.49. The summed E-state index contributed by atoms with van der Waals surface area (Å²) >= 11 is 0. The van der Waals surface area contributed by atoms with Gasteiger partial charge in [-0.05, 0) is 54.8 Å². The number of nitrogens with one attached hydrogen (secondary N) is 1. The van der Waals surface area contributed by atoms with Crippen LogP contribution < -0.4 is 4.72 Å². The van der Waals surface area contributed by atoms with E-state index < -0.39 is 10.0 Å².